The highest BCUT2D eigenvalue weighted by atomic mass is 16.5. The monoisotopic (exact) mass is 601 g/mol. The van der Waals surface area contributed by atoms with E-state index < -0.39 is 11.5 Å². The average molecular weight is 602 g/mol. The Morgan fingerprint density at radius 3 is 1.65 bits per heavy atom. The van der Waals surface area contributed by atoms with Crippen LogP contribution in [0.4, 0.5) is 0 Å². The second-order valence-electron chi connectivity index (χ2n) is 11.3. The molecule has 0 aliphatic heterocycles. The molecule has 0 aliphatic rings. The molecule has 0 heterocycles. The van der Waals surface area contributed by atoms with Crippen molar-refractivity contribution in [2.24, 2.45) is 5.41 Å². The summed E-state index contributed by atoms with van der Waals surface area (Å²) in [5, 5.41) is 2.70. The van der Waals surface area contributed by atoms with Crippen LogP contribution in [0.3, 0.4) is 0 Å². The first-order valence-corrected chi connectivity index (χ1v) is 16.4. The number of amides is 1. The lowest BCUT2D eigenvalue weighted by molar-refractivity contribution is -0.155. The second kappa shape index (κ2) is 30.7. The Balaban J connectivity index is 0. The highest BCUT2D eigenvalue weighted by Gasteiger charge is 2.36. The van der Waals surface area contributed by atoms with Gasteiger partial charge < -0.3 is 14.8 Å². The number of ether oxygens (including phenoxy) is 2. The van der Waals surface area contributed by atoms with Crippen LogP contribution in [0.2, 0.25) is 0 Å². The Kier molecular flexibility index (Phi) is 30.3. The first-order chi connectivity index (χ1) is 20.7. The first-order valence-electron chi connectivity index (χ1n) is 16.4. The number of allylic oxidation sites excluding steroid dienone is 10. The Bertz CT molecular complexity index is 847. The number of nitrogens with one attached hydrogen (secondary N) is 1. The predicted octanol–water partition coefficient (Wildman–Crippen LogP) is 9.17. The van der Waals surface area contributed by atoms with Crippen LogP contribution in [-0.4, -0.2) is 44.0 Å². The summed E-state index contributed by atoms with van der Waals surface area (Å²) in [6.45, 7) is 12.0. The highest BCUT2D eigenvalue weighted by molar-refractivity contribution is 5.82. The van der Waals surface area contributed by atoms with Gasteiger partial charge in [0, 0.05) is 31.9 Å². The van der Waals surface area contributed by atoms with E-state index in [1.807, 2.05) is 13.8 Å². The number of methoxy groups -OCH3 is 1. The Labute approximate surface area is 264 Å². The van der Waals surface area contributed by atoms with Gasteiger partial charge in [-0.1, -0.05) is 121 Å². The van der Waals surface area contributed by atoms with Gasteiger partial charge in [-0.15, -0.1) is 0 Å². The fourth-order valence-electron chi connectivity index (χ4n) is 3.88. The van der Waals surface area contributed by atoms with Crippen molar-refractivity contribution in [1.29, 1.82) is 0 Å². The highest BCUT2D eigenvalue weighted by Crippen LogP contribution is 2.24. The van der Waals surface area contributed by atoms with Crippen molar-refractivity contribution >= 4 is 17.7 Å². The van der Waals surface area contributed by atoms with Gasteiger partial charge in [0.25, 0.3) is 0 Å². The average Bonchev–Trinajstić information content (AvgIpc) is 2.97. The van der Waals surface area contributed by atoms with Crippen LogP contribution in [0.15, 0.2) is 60.8 Å². The molecule has 0 aromatic heterocycles. The third-order valence-corrected chi connectivity index (χ3v) is 6.43. The van der Waals surface area contributed by atoms with E-state index in [-0.39, 0.29) is 37.2 Å². The number of unbranched alkanes of at least 4 members (excludes halogenated alkanes) is 4. The number of ketones is 1. The normalized spacial score (nSPS) is 12.8. The van der Waals surface area contributed by atoms with Crippen LogP contribution in [0, 0.1) is 5.41 Å². The summed E-state index contributed by atoms with van der Waals surface area (Å²) in [6, 6.07) is 0. The number of Topliss-reactive ketones (excluding diaryl/α,β-unsaturated/α-hetero) is 1. The lowest BCUT2D eigenvalue weighted by atomic mass is 9.86. The summed E-state index contributed by atoms with van der Waals surface area (Å²) in [5.41, 5.74) is -0.700. The van der Waals surface area contributed by atoms with E-state index >= 15 is 0 Å². The molecule has 0 fully saturated rings. The Hall–Kier alpha value is -2.73. The summed E-state index contributed by atoms with van der Waals surface area (Å²) >= 11 is 0. The van der Waals surface area contributed by atoms with Crippen LogP contribution in [-0.2, 0) is 23.9 Å². The summed E-state index contributed by atoms with van der Waals surface area (Å²) in [6.07, 6.45) is 33.4. The van der Waals surface area contributed by atoms with Gasteiger partial charge in [-0.25, -0.2) is 0 Å². The second-order valence-corrected chi connectivity index (χ2v) is 11.3. The zero-order valence-corrected chi connectivity index (χ0v) is 28.5. The molecule has 0 rings (SSSR count). The molecule has 1 amide bonds. The third kappa shape index (κ3) is 29.1. The molecule has 1 N–H and O–H groups in total. The van der Waals surface area contributed by atoms with Crippen molar-refractivity contribution in [2.75, 3.05) is 20.3 Å². The number of carbonyl (C=O) groups excluding carboxylic acids is 3. The van der Waals surface area contributed by atoms with E-state index in [4.69, 9.17) is 9.47 Å². The molecule has 0 unspecified atom stereocenters. The molecule has 0 spiro atoms. The topological polar surface area (TPSA) is 81.7 Å². The van der Waals surface area contributed by atoms with Crippen molar-refractivity contribution in [3.63, 3.8) is 0 Å². The zero-order chi connectivity index (χ0) is 32.6. The van der Waals surface area contributed by atoms with E-state index in [2.05, 4.69) is 86.8 Å². The van der Waals surface area contributed by atoms with Gasteiger partial charge in [0.15, 0.2) is 0 Å². The van der Waals surface area contributed by atoms with Crippen molar-refractivity contribution in [3.8, 4) is 0 Å². The molecule has 43 heavy (non-hydrogen) atoms. The van der Waals surface area contributed by atoms with Crippen molar-refractivity contribution in [2.45, 2.75) is 131 Å². The van der Waals surface area contributed by atoms with Crippen LogP contribution in [0.25, 0.3) is 0 Å². The van der Waals surface area contributed by atoms with Gasteiger partial charge in [0.1, 0.15) is 11.9 Å². The maximum atomic E-state index is 12.4. The van der Waals surface area contributed by atoms with Crippen LogP contribution >= 0.6 is 0 Å². The smallest absolute Gasteiger partial charge is 0.305 e. The molecule has 0 radical (unpaired) electrons. The van der Waals surface area contributed by atoms with Gasteiger partial charge >= 0.3 is 5.97 Å². The zero-order valence-electron chi connectivity index (χ0n) is 28.5. The number of esters is 1. The Morgan fingerprint density at radius 1 is 0.721 bits per heavy atom. The van der Waals surface area contributed by atoms with Gasteiger partial charge in [-0.2, -0.15) is 0 Å². The van der Waals surface area contributed by atoms with Gasteiger partial charge in [0.2, 0.25) is 5.91 Å². The van der Waals surface area contributed by atoms with Gasteiger partial charge in [0.05, 0.1) is 6.61 Å². The van der Waals surface area contributed by atoms with E-state index in [1.165, 1.54) is 39.7 Å². The maximum Gasteiger partial charge on any atom is 0.305 e. The maximum absolute atomic E-state index is 12.4. The number of carbonyl (C=O) groups is 3. The molecule has 0 aliphatic carbocycles. The van der Waals surface area contributed by atoms with Crippen molar-refractivity contribution < 1.29 is 23.9 Å². The molecule has 0 saturated heterocycles. The van der Waals surface area contributed by atoms with Crippen LogP contribution in [0.1, 0.15) is 125 Å². The van der Waals surface area contributed by atoms with Crippen molar-refractivity contribution in [1.82, 2.24) is 5.32 Å². The molecule has 0 bridgehead atoms. The van der Waals surface area contributed by atoms with Crippen molar-refractivity contribution in [3.05, 3.63) is 60.8 Å². The summed E-state index contributed by atoms with van der Waals surface area (Å²) in [5.74, 6) is -0.595. The molecule has 1 atom stereocenters. The molecular formula is C37H63NO5. The Morgan fingerprint density at radius 2 is 1.21 bits per heavy atom. The van der Waals surface area contributed by atoms with E-state index in [1.54, 1.807) is 0 Å². The minimum absolute atomic E-state index is 0.00652. The fourth-order valence-corrected chi connectivity index (χ4v) is 3.88. The largest absolute Gasteiger partial charge is 0.465 e. The minimum atomic E-state index is -0.784. The molecule has 0 aromatic rings. The standard InChI is InChI=1S/C31H49NO5.C6H14/c1-6-7-8-9-10-11-12-13-14-15-16-17-18-19-20-21-22-23-28(34)37-26-31(3,4)29(36-5)30(35)32-25-24-27(2)33;1-3-5-6-4-2/h7-8,10-11,13-14,16-17,19-20,29H,6,9,12,15,18,21-26H2,1-5H3,(H,32,35);3-6H2,1-2H3/b8-7-,11-10-,14-13-,17-16-,20-19-;/t29-;/m0./s1. The van der Waals surface area contributed by atoms with E-state index in [9.17, 15) is 14.4 Å². The van der Waals surface area contributed by atoms with Crippen LogP contribution < -0.4 is 5.32 Å². The number of hydrogen-bond acceptors (Lipinski definition) is 5. The fraction of sp³-hybridized carbons (Fsp3) is 0.649. The molecular weight excluding hydrogens is 538 g/mol. The molecule has 0 saturated carbocycles. The van der Waals surface area contributed by atoms with Crippen LogP contribution in [0.5, 0.6) is 0 Å². The molecule has 246 valence electrons. The molecule has 0 aromatic carbocycles. The van der Waals surface area contributed by atoms with E-state index in [0.717, 1.165) is 38.5 Å². The third-order valence-electron chi connectivity index (χ3n) is 6.43. The lowest BCUT2D eigenvalue weighted by Crippen LogP contribution is -2.47. The minimum Gasteiger partial charge on any atom is -0.465 e. The SMILES string of the molecule is CC/C=C\C/C=C\C/C=C\C/C=C\C/C=C\CCCC(=O)OCC(C)(C)[C@@H](OC)C(=O)NCCC(C)=O.CCCCCC. The number of rotatable bonds is 24. The lowest BCUT2D eigenvalue weighted by Gasteiger charge is -2.31. The van der Waals surface area contributed by atoms with Gasteiger partial charge in [-0.05, 0) is 51.9 Å². The summed E-state index contributed by atoms with van der Waals surface area (Å²) < 4.78 is 10.8. The molecule has 6 nitrogen and oxygen atoms in total. The first kappa shape index (κ1) is 42.4. The summed E-state index contributed by atoms with van der Waals surface area (Å²) in [4.78, 5) is 35.6. The number of hydrogen-bond donors (Lipinski definition) is 1. The summed E-state index contributed by atoms with van der Waals surface area (Å²) in [7, 11) is 1.45. The van der Waals surface area contributed by atoms with E-state index in [0.29, 0.717) is 12.8 Å². The quantitative estimate of drug-likeness (QED) is 0.0678. The molecule has 6 heteroatoms. The predicted molar refractivity (Wildman–Crippen MR) is 182 cm³/mol. The van der Waals surface area contributed by atoms with Gasteiger partial charge in [-0.3, -0.25) is 14.4 Å².